The highest BCUT2D eigenvalue weighted by Gasteiger charge is 2.06. The SMILES string of the molecule is CCOc1cc(/C=N/NC(=O)c2ccc(C)s2)ccc1O. The Balaban J connectivity index is 2.01. The van der Waals surface area contributed by atoms with Gasteiger partial charge in [0.05, 0.1) is 17.7 Å². The van der Waals surface area contributed by atoms with Gasteiger partial charge in [-0.15, -0.1) is 11.3 Å². The lowest BCUT2D eigenvalue weighted by atomic mass is 10.2. The van der Waals surface area contributed by atoms with Crippen molar-refractivity contribution in [2.24, 2.45) is 5.10 Å². The van der Waals surface area contributed by atoms with Gasteiger partial charge in [-0.05, 0) is 49.7 Å². The summed E-state index contributed by atoms with van der Waals surface area (Å²) in [5.74, 6) is 0.224. The summed E-state index contributed by atoms with van der Waals surface area (Å²) < 4.78 is 5.28. The van der Waals surface area contributed by atoms with Crippen LogP contribution in [0.1, 0.15) is 27.0 Å². The molecule has 0 radical (unpaired) electrons. The zero-order valence-electron chi connectivity index (χ0n) is 11.8. The maximum atomic E-state index is 11.8. The summed E-state index contributed by atoms with van der Waals surface area (Å²) in [5, 5.41) is 13.5. The van der Waals surface area contributed by atoms with Crippen LogP contribution in [0.4, 0.5) is 0 Å². The molecule has 0 saturated heterocycles. The van der Waals surface area contributed by atoms with E-state index in [0.717, 1.165) is 10.4 Å². The van der Waals surface area contributed by atoms with Crippen molar-refractivity contribution >= 4 is 23.5 Å². The molecule has 2 rings (SSSR count). The predicted octanol–water partition coefficient (Wildman–Crippen LogP) is 2.92. The Morgan fingerprint density at radius 1 is 1.43 bits per heavy atom. The zero-order chi connectivity index (χ0) is 15.2. The summed E-state index contributed by atoms with van der Waals surface area (Å²) in [6.07, 6.45) is 1.50. The molecular weight excluding hydrogens is 288 g/mol. The maximum Gasteiger partial charge on any atom is 0.281 e. The van der Waals surface area contributed by atoms with E-state index in [1.54, 1.807) is 18.2 Å². The van der Waals surface area contributed by atoms with Crippen molar-refractivity contribution in [3.63, 3.8) is 0 Å². The largest absolute Gasteiger partial charge is 0.504 e. The minimum atomic E-state index is -0.242. The minimum Gasteiger partial charge on any atom is -0.504 e. The van der Waals surface area contributed by atoms with Crippen molar-refractivity contribution in [1.29, 1.82) is 0 Å². The van der Waals surface area contributed by atoms with E-state index in [2.05, 4.69) is 10.5 Å². The molecule has 6 heteroatoms. The molecule has 0 aliphatic heterocycles. The van der Waals surface area contributed by atoms with E-state index in [-0.39, 0.29) is 11.7 Å². The molecule has 1 aromatic heterocycles. The second-order valence-electron chi connectivity index (χ2n) is 4.27. The highest BCUT2D eigenvalue weighted by Crippen LogP contribution is 2.26. The monoisotopic (exact) mass is 304 g/mol. The molecule has 0 fully saturated rings. The fourth-order valence-corrected chi connectivity index (χ4v) is 2.42. The first kappa shape index (κ1) is 15.1. The van der Waals surface area contributed by atoms with Crippen LogP contribution in [0.15, 0.2) is 35.4 Å². The fraction of sp³-hybridized carbons (Fsp3) is 0.200. The lowest BCUT2D eigenvalue weighted by Crippen LogP contribution is -2.16. The third kappa shape index (κ3) is 4.06. The van der Waals surface area contributed by atoms with E-state index in [1.165, 1.54) is 23.6 Å². The first-order valence-electron chi connectivity index (χ1n) is 6.46. The predicted molar refractivity (Wildman–Crippen MR) is 83.4 cm³/mol. The van der Waals surface area contributed by atoms with Gasteiger partial charge in [0, 0.05) is 4.88 Å². The number of phenolic OH excluding ortho intramolecular Hbond substituents is 1. The van der Waals surface area contributed by atoms with Gasteiger partial charge in [-0.1, -0.05) is 0 Å². The number of amides is 1. The minimum absolute atomic E-state index is 0.0760. The Kier molecular flexibility index (Phi) is 4.94. The van der Waals surface area contributed by atoms with Crippen LogP contribution < -0.4 is 10.2 Å². The first-order chi connectivity index (χ1) is 10.1. The third-order valence-electron chi connectivity index (χ3n) is 2.63. The van der Waals surface area contributed by atoms with Crippen LogP contribution in [-0.2, 0) is 0 Å². The quantitative estimate of drug-likeness (QED) is 0.659. The van der Waals surface area contributed by atoms with E-state index in [1.807, 2.05) is 19.9 Å². The molecule has 0 saturated carbocycles. The molecule has 21 heavy (non-hydrogen) atoms. The lowest BCUT2D eigenvalue weighted by molar-refractivity contribution is 0.0959. The first-order valence-corrected chi connectivity index (χ1v) is 7.27. The van der Waals surface area contributed by atoms with Crippen LogP contribution in [0.3, 0.4) is 0 Å². The molecule has 0 bridgehead atoms. The zero-order valence-corrected chi connectivity index (χ0v) is 12.6. The molecule has 5 nitrogen and oxygen atoms in total. The fourth-order valence-electron chi connectivity index (χ4n) is 1.66. The molecule has 1 aromatic carbocycles. The van der Waals surface area contributed by atoms with Gasteiger partial charge in [0.15, 0.2) is 11.5 Å². The number of nitrogens with one attached hydrogen (secondary N) is 1. The Morgan fingerprint density at radius 3 is 2.90 bits per heavy atom. The van der Waals surface area contributed by atoms with E-state index in [0.29, 0.717) is 17.2 Å². The highest BCUT2D eigenvalue weighted by molar-refractivity contribution is 7.13. The third-order valence-corrected chi connectivity index (χ3v) is 3.63. The Morgan fingerprint density at radius 2 is 2.24 bits per heavy atom. The van der Waals surface area contributed by atoms with E-state index < -0.39 is 0 Å². The van der Waals surface area contributed by atoms with Crippen molar-refractivity contribution in [1.82, 2.24) is 5.43 Å². The molecule has 0 spiro atoms. The summed E-state index contributed by atoms with van der Waals surface area (Å²) >= 11 is 1.41. The van der Waals surface area contributed by atoms with E-state index in [9.17, 15) is 9.90 Å². The van der Waals surface area contributed by atoms with Crippen LogP contribution >= 0.6 is 11.3 Å². The van der Waals surface area contributed by atoms with Gasteiger partial charge in [-0.25, -0.2) is 5.43 Å². The second-order valence-corrected chi connectivity index (χ2v) is 5.56. The summed E-state index contributed by atoms with van der Waals surface area (Å²) in [6, 6.07) is 8.51. The average Bonchev–Trinajstić information content (AvgIpc) is 2.89. The number of aryl methyl sites for hydroxylation is 1. The number of hydrazone groups is 1. The smallest absolute Gasteiger partial charge is 0.281 e. The highest BCUT2D eigenvalue weighted by atomic mass is 32.1. The second kappa shape index (κ2) is 6.90. The van der Waals surface area contributed by atoms with Gasteiger partial charge in [-0.3, -0.25) is 4.79 Å². The van der Waals surface area contributed by atoms with Gasteiger partial charge in [0.25, 0.3) is 5.91 Å². The number of carbonyl (C=O) groups excluding carboxylic acids is 1. The molecule has 0 atom stereocenters. The Labute approximate surface area is 126 Å². The summed E-state index contributed by atoms with van der Waals surface area (Å²) in [4.78, 5) is 13.5. The molecular formula is C15H16N2O3S. The maximum absolute atomic E-state index is 11.8. The van der Waals surface area contributed by atoms with Crippen molar-refractivity contribution in [3.05, 3.63) is 45.6 Å². The lowest BCUT2D eigenvalue weighted by Gasteiger charge is -2.05. The molecule has 0 unspecified atom stereocenters. The molecule has 1 amide bonds. The number of thiophene rings is 1. The molecule has 2 N–H and O–H groups in total. The van der Waals surface area contributed by atoms with Crippen molar-refractivity contribution in [3.8, 4) is 11.5 Å². The molecule has 0 aliphatic carbocycles. The van der Waals surface area contributed by atoms with Gasteiger partial charge < -0.3 is 9.84 Å². The van der Waals surface area contributed by atoms with Gasteiger partial charge in [-0.2, -0.15) is 5.10 Å². The number of phenols is 1. The van der Waals surface area contributed by atoms with Crippen LogP contribution in [0, 0.1) is 6.92 Å². The normalized spacial score (nSPS) is 10.8. The van der Waals surface area contributed by atoms with Gasteiger partial charge in [0.2, 0.25) is 0 Å². The van der Waals surface area contributed by atoms with Crippen LogP contribution in [0.2, 0.25) is 0 Å². The average molecular weight is 304 g/mol. The van der Waals surface area contributed by atoms with Crippen LogP contribution in [-0.4, -0.2) is 23.8 Å². The number of rotatable bonds is 5. The number of carbonyl (C=O) groups is 1. The van der Waals surface area contributed by atoms with Crippen molar-refractivity contribution in [2.45, 2.75) is 13.8 Å². The topological polar surface area (TPSA) is 70.9 Å². The van der Waals surface area contributed by atoms with Crippen molar-refractivity contribution < 1.29 is 14.6 Å². The van der Waals surface area contributed by atoms with Crippen LogP contribution in [0.25, 0.3) is 0 Å². The number of hydrogen-bond acceptors (Lipinski definition) is 5. The summed E-state index contributed by atoms with van der Waals surface area (Å²) in [5.41, 5.74) is 3.19. The Hall–Kier alpha value is -2.34. The van der Waals surface area contributed by atoms with Crippen LogP contribution in [0.5, 0.6) is 11.5 Å². The Bertz CT molecular complexity index is 665. The molecule has 1 heterocycles. The number of aromatic hydroxyl groups is 1. The number of hydrogen-bond donors (Lipinski definition) is 2. The molecule has 110 valence electrons. The van der Waals surface area contributed by atoms with E-state index >= 15 is 0 Å². The van der Waals surface area contributed by atoms with E-state index in [4.69, 9.17) is 4.74 Å². The molecule has 0 aliphatic rings. The molecule has 2 aromatic rings. The van der Waals surface area contributed by atoms with Gasteiger partial charge in [0.1, 0.15) is 0 Å². The number of nitrogens with zero attached hydrogens (tertiary/aromatic N) is 1. The standard InChI is InChI=1S/C15H16N2O3S/c1-3-20-13-8-11(5-6-12(13)18)9-16-17-15(19)14-7-4-10(2)21-14/h4-9,18H,3H2,1-2H3,(H,17,19)/b16-9+. The number of benzene rings is 1. The van der Waals surface area contributed by atoms with Gasteiger partial charge >= 0.3 is 0 Å². The summed E-state index contributed by atoms with van der Waals surface area (Å²) in [6.45, 7) is 4.24. The van der Waals surface area contributed by atoms with Crippen molar-refractivity contribution in [2.75, 3.05) is 6.61 Å². The number of ether oxygens (including phenoxy) is 1. The summed E-state index contributed by atoms with van der Waals surface area (Å²) in [7, 11) is 0.